The van der Waals surface area contributed by atoms with E-state index in [9.17, 15) is 0 Å². The zero-order chi connectivity index (χ0) is 7.98. The number of rotatable bonds is 5. The number of alkyl halides is 1. The minimum absolute atomic E-state index is 0. The Labute approximate surface area is 81.5 Å². The molecule has 70 valence electrons. The fourth-order valence-electron chi connectivity index (χ4n) is 0.821. The van der Waals surface area contributed by atoms with Gasteiger partial charge in [0.1, 0.15) is 0 Å². The van der Waals surface area contributed by atoms with Gasteiger partial charge in [-0.15, -0.1) is 24.0 Å². The highest BCUT2D eigenvalue weighted by Crippen LogP contribution is 2.10. The standard InChI is InChI=1S/C8H18ClN.ClH/c1-4-5-6-7-8(9)10(2)3;/h8H,4-7H2,1-3H3;1H. The summed E-state index contributed by atoms with van der Waals surface area (Å²) in [5.74, 6) is 0. The number of nitrogens with zero attached hydrogens (tertiary/aromatic N) is 1. The van der Waals surface area contributed by atoms with E-state index in [0.29, 0.717) is 0 Å². The Hall–Kier alpha value is 0.540. The van der Waals surface area contributed by atoms with Crippen LogP contribution >= 0.6 is 24.0 Å². The molecule has 0 heterocycles. The van der Waals surface area contributed by atoms with E-state index in [1.807, 2.05) is 14.1 Å². The van der Waals surface area contributed by atoms with Crippen LogP contribution in [0.2, 0.25) is 0 Å². The van der Waals surface area contributed by atoms with Crippen molar-refractivity contribution in [2.75, 3.05) is 14.1 Å². The number of hydrogen-bond acceptors (Lipinski definition) is 1. The highest BCUT2D eigenvalue weighted by molar-refractivity contribution is 6.20. The summed E-state index contributed by atoms with van der Waals surface area (Å²) in [4.78, 5) is 2.05. The fraction of sp³-hybridized carbons (Fsp3) is 1.00. The first-order valence-electron chi connectivity index (χ1n) is 3.99. The minimum Gasteiger partial charge on any atom is -0.294 e. The van der Waals surface area contributed by atoms with Gasteiger partial charge in [0.15, 0.2) is 0 Å². The summed E-state index contributed by atoms with van der Waals surface area (Å²) in [7, 11) is 4.03. The fourth-order valence-corrected chi connectivity index (χ4v) is 0.975. The van der Waals surface area contributed by atoms with E-state index in [1.165, 1.54) is 19.3 Å². The predicted molar refractivity (Wildman–Crippen MR) is 54.7 cm³/mol. The molecule has 0 aliphatic carbocycles. The first-order chi connectivity index (χ1) is 4.68. The van der Waals surface area contributed by atoms with Crippen LogP contribution in [-0.2, 0) is 0 Å². The largest absolute Gasteiger partial charge is 0.294 e. The molecule has 3 heteroatoms. The lowest BCUT2D eigenvalue weighted by Crippen LogP contribution is -2.21. The maximum absolute atomic E-state index is 5.98. The molecule has 0 aromatic heterocycles. The molecule has 0 bridgehead atoms. The van der Waals surface area contributed by atoms with Gasteiger partial charge in [-0.3, -0.25) is 4.90 Å². The van der Waals surface area contributed by atoms with Crippen molar-refractivity contribution in [3.8, 4) is 0 Å². The summed E-state index contributed by atoms with van der Waals surface area (Å²) in [6, 6.07) is 0. The van der Waals surface area contributed by atoms with Crippen molar-refractivity contribution in [3.63, 3.8) is 0 Å². The van der Waals surface area contributed by atoms with Crippen LogP contribution in [0.15, 0.2) is 0 Å². The van der Waals surface area contributed by atoms with Crippen LogP contribution in [-0.4, -0.2) is 24.5 Å². The Balaban J connectivity index is 0. The van der Waals surface area contributed by atoms with Crippen molar-refractivity contribution in [2.24, 2.45) is 0 Å². The monoisotopic (exact) mass is 199 g/mol. The molecule has 0 rings (SSSR count). The van der Waals surface area contributed by atoms with Crippen LogP contribution in [0.3, 0.4) is 0 Å². The van der Waals surface area contributed by atoms with Crippen molar-refractivity contribution in [1.29, 1.82) is 0 Å². The van der Waals surface area contributed by atoms with Gasteiger partial charge < -0.3 is 0 Å². The van der Waals surface area contributed by atoms with E-state index >= 15 is 0 Å². The molecule has 0 amide bonds. The molecular weight excluding hydrogens is 181 g/mol. The highest BCUT2D eigenvalue weighted by Gasteiger charge is 2.04. The molecule has 0 N–H and O–H groups in total. The Bertz CT molecular complexity index is 76.5. The van der Waals surface area contributed by atoms with E-state index < -0.39 is 0 Å². The topological polar surface area (TPSA) is 3.24 Å². The second kappa shape index (κ2) is 8.63. The Morgan fingerprint density at radius 1 is 1.27 bits per heavy atom. The van der Waals surface area contributed by atoms with E-state index in [1.54, 1.807) is 0 Å². The molecule has 0 aromatic carbocycles. The van der Waals surface area contributed by atoms with E-state index in [2.05, 4.69) is 11.8 Å². The molecule has 1 atom stereocenters. The number of unbranched alkanes of at least 4 members (excludes halogenated alkanes) is 2. The van der Waals surface area contributed by atoms with Crippen LogP contribution in [0, 0.1) is 0 Å². The molecule has 11 heavy (non-hydrogen) atoms. The number of hydrogen-bond donors (Lipinski definition) is 0. The molecule has 1 nitrogen and oxygen atoms in total. The Morgan fingerprint density at radius 3 is 2.18 bits per heavy atom. The van der Waals surface area contributed by atoms with Gasteiger partial charge in [0, 0.05) is 0 Å². The maximum Gasteiger partial charge on any atom is 0.0845 e. The lowest BCUT2D eigenvalue weighted by atomic mass is 10.2. The predicted octanol–water partition coefficient (Wildman–Crippen LogP) is 3.12. The summed E-state index contributed by atoms with van der Waals surface area (Å²) in [5, 5.41) is 0. The first kappa shape index (κ1) is 14.1. The van der Waals surface area contributed by atoms with E-state index in [-0.39, 0.29) is 17.9 Å². The molecule has 0 spiro atoms. The molecule has 0 saturated heterocycles. The smallest absolute Gasteiger partial charge is 0.0845 e. The SMILES string of the molecule is CCCCCC(Cl)N(C)C.Cl. The van der Waals surface area contributed by atoms with Crippen molar-refractivity contribution in [3.05, 3.63) is 0 Å². The van der Waals surface area contributed by atoms with Crippen LogP contribution in [0.4, 0.5) is 0 Å². The third-order valence-electron chi connectivity index (χ3n) is 1.61. The van der Waals surface area contributed by atoms with Crippen molar-refractivity contribution < 1.29 is 0 Å². The molecule has 0 radical (unpaired) electrons. The zero-order valence-electron chi connectivity index (χ0n) is 7.64. The van der Waals surface area contributed by atoms with Gasteiger partial charge in [0.25, 0.3) is 0 Å². The van der Waals surface area contributed by atoms with Gasteiger partial charge >= 0.3 is 0 Å². The lowest BCUT2D eigenvalue weighted by molar-refractivity contribution is 0.352. The molecule has 0 aliphatic heterocycles. The van der Waals surface area contributed by atoms with Crippen molar-refractivity contribution in [1.82, 2.24) is 4.90 Å². The van der Waals surface area contributed by atoms with Crippen LogP contribution in [0.5, 0.6) is 0 Å². The molecule has 0 aromatic rings. The summed E-state index contributed by atoms with van der Waals surface area (Å²) >= 11 is 5.98. The van der Waals surface area contributed by atoms with Gasteiger partial charge in [-0.05, 0) is 20.5 Å². The van der Waals surface area contributed by atoms with Gasteiger partial charge in [-0.1, -0.05) is 26.2 Å². The van der Waals surface area contributed by atoms with Crippen molar-refractivity contribution >= 4 is 24.0 Å². The zero-order valence-corrected chi connectivity index (χ0v) is 9.21. The van der Waals surface area contributed by atoms with Gasteiger partial charge in [0.2, 0.25) is 0 Å². The third kappa shape index (κ3) is 8.45. The van der Waals surface area contributed by atoms with Gasteiger partial charge in [-0.25, -0.2) is 0 Å². The van der Waals surface area contributed by atoms with Gasteiger partial charge in [0.05, 0.1) is 5.50 Å². The van der Waals surface area contributed by atoms with Crippen LogP contribution in [0.25, 0.3) is 0 Å². The van der Waals surface area contributed by atoms with Gasteiger partial charge in [-0.2, -0.15) is 0 Å². The second-order valence-corrected chi connectivity index (χ2v) is 3.40. The first-order valence-corrected chi connectivity index (χ1v) is 4.42. The molecule has 0 fully saturated rings. The molecule has 0 aliphatic rings. The van der Waals surface area contributed by atoms with E-state index in [4.69, 9.17) is 11.6 Å². The summed E-state index contributed by atoms with van der Waals surface area (Å²) < 4.78 is 0. The normalized spacial score (nSPS) is 12.8. The van der Waals surface area contributed by atoms with Crippen molar-refractivity contribution in [2.45, 2.75) is 38.1 Å². The Morgan fingerprint density at radius 2 is 1.82 bits per heavy atom. The van der Waals surface area contributed by atoms with Crippen LogP contribution < -0.4 is 0 Å². The minimum atomic E-state index is 0. The average Bonchev–Trinajstić information content (AvgIpc) is 1.88. The summed E-state index contributed by atoms with van der Waals surface area (Å²) in [5.41, 5.74) is 0.228. The van der Waals surface area contributed by atoms with E-state index in [0.717, 1.165) is 6.42 Å². The quantitative estimate of drug-likeness (QED) is 0.374. The summed E-state index contributed by atoms with van der Waals surface area (Å²) in [6.45, 7) is 2.21. The maximum atomic E-state index is 5.98. The third-order valence-corrected chi connectivity index (χ3v) is 2.21. The average molecular weight is 200 g/mol. The summed E-state index contributed by atoms with van der Waals surface area (Å²) in [6.07, 6.45) is 4.94. The molecular formula is C8H19Cl2N. The lowest BCUT2D eigenvalue weighted by Gasteiger charge is -2.16. The second-order valence-electron chi connectivity index (χ2n) is 2.89. The highest BCUT2D eigenvalue weighted by atomic mass is 35.5. The molecule has 0 saturated carbocycles. The van der Waals surface area contributed by atoms with Crippen LogP contribution in [0.1, 0.15) is 32.6 Å². The number of halogens is 2. The Kier molecular flexibility index (Phi) is 11.1. The molecule has 1 unspecified atom stereocenters.